The highest BCUT2D eigenvalue weighted by Gasteiger charge is 2.22. The molecule has 4 aromatic rings. The number of nitro benzene ring substituents is 1. The van der Waals surface area contributed by atoms with Crippen molar-refractivity contribution in [1.82, 2.24) is 19.1 Å². The number of non-ortho nitro benzene ring substituents is 1. The average molecular weight is 480 g/mol. The molecule has 2 N–H and O–H groups in total. The number of rotatable bonds is 9. The molecule has 0 saturated carbocycles. The number of aryl methyl sites for hydroxylation is 1. The molecule has 35 heavy (non-hydrogen) atoms. The summed E-state index contributed by atoms with van der Waals surface area (Å²) in [4.78, 5) is 43.7. The van der Waals surface area contributed by atoms with E-state index in [-0.39, 0.29) is 30.0 Å². The van der Waals surface area contributed by atoms with E-state index in [2.05, 4.69) is 9.97 Å². The first-order chi connectivity index (χ1) is 16.7. The number of H-pyrrole nitrogens is 1. The molecule has 2 heterocycles. The van der Waals surface area contributed by atoms with Crippen LogP contribution < -0.4 is 20.9 Å². The van der Waals surface area contributed by atoms with Gasteiger partial charge in [-0.25, -0.2) is 4.79 Å². The highest BCUT2D eigenvalue weighted by Crippen LogP contribution is 2.22. The fourth-order valence-electron chi connectivity index (χ4n) is 3.74. The minimum Gasteiger partial charge on any atom is -0.491 e. The van der Waals surface area contributed by atoms with Crippen LogP contribution in [0, 0.1) is 10.1 Å². The van der Waals surface area contributed by atoms with Crippen molar-refractivity contribution >= 4 is 22.8 Å². The van der Waals surface area contributed by atoms with E-state index in [1.54, 1.807) is 11.6 Å². The second kappa shape index (κ2) is 9.81. The Morgan fingerprint density at radius 1 is 1.17 bits per heavy atom. The molecule has 0 aliphatic rings. The van der Waals surface area contributed by atoms with Crippen molar-refractivity contribution < 1.29 is 14.8 Å². The molecule has 0 spiro atoms. The Morgan fingerprint density at radius 3 is 2.51 bits per heavy atom. The summed E-state index contributed by atoms with van der Waals surface area (Å²) in [5, 5.41) is 21.5. The lowest BCUT2D eigenvalue weighted by molar-refractivity contribution is -0.384. The Labute approximate surface area is 198 Å². The van der Waals surface area contributed by atoms with Crippen LogP contribution in [0.15, 0.2) is 64.2 Å². The van der Waals surface area contributed by atoms with Crippen molar-refractivity contribution in [2.75, 3.05) is 18.6 Å². The number of hydrogen-bond donors (Lipinski definition) is 2. The van der Waals surface area contributed by atoms with Gasteiger partial charge in [0.1, 0.15) is 18.5 Å². The van der Waals surface area contributed by atoms with Crippen LogP contribution in [0.1, 0.15) is 5.56 Å². The molecule has 0 bridgehead atoms. The molecule has 1 unspecified atom stereocenters. The number of ether oxygens (including phenoxy) is 1. The third kappa shape index (κ3) is 5.06. The lowest BCUT2D eigenvalue weighted by atomic mass is 10.2. The standard InChI is InChI=1S/C23H24N6O6/c1-26(12-15-6-4-3-5-7-15)22-24-20-19(21(31)25-23(32)27(20)2)28(22)13-17(30)14-35-18-10-8-16(9-11-18)29(33)34/h3-11,17,30H,12-14H2,1-2H3,(H,25,31,32). The van der Waals surface area contributed by atoms with Crippen molar-refractivity contribution in [3.8, 4) is 5.75 Å². The predicted octanol–water partition coefficient (Wildman–Crippen LogP) is 1.41. The Morgan fingerprint density at radius 2 is 1.86 bits per heavy atom. The fourth-order valence-corrected chi connectivity index (χ4v) is 3.74. The minimum atomic E-state index is -1.05. The zero-order chi connectivity index (χ0) is 25.1. The molecule has 2 aromatic heterocycles. The number of aromatic amines is 1. The van der Waals surface area contributed by atoms with E-state index in [1.807, 2.05) is 35.2 Å². The molecule has 0 amide bonds. The van der Waals surface area contributed by atoms with E-state index in [0.717, 1.165) is 5.56 Å². The van der Waals surface area contributed by atoms with Gasteiger partial charge < -0.3 is 19.3 Å². The van der Waals surface area contributed by atoms with Crippen LogP contribution in [-0.4, -0.2) is 48.9 Å². The van der Waals surface area contributed by atoms with E-state index in [9.17, 15) is 24.8 Å². The summed E-state index contributed by atoms with van der Waals surface area (Å²) < 4.78 is 8.37. The van der Waals surface area contributed by atoms with Gasteiger partial charge in [-0.15, -0.1) is 0 Å². The third-order valence-electron chi connectivity index (χ3n) is 5.47. The molecule has 0 radical (unpaired) electrons. The zero-order valence-corrected chi connectivity index (χ0v) is 19.1. The van der Waals surface area contributed by atoms with Crippen LogP contribution in [0.4, 0.5) is 11.6 Å². The summed E-state index contributed by atoms with van der Waals surface area (Å²) >= 11 is 0. The Bertz CT molecular complexity index is 1460. The van der Waals surface area contributed by atoms with Gasteiger partial charge in [-0.2, -0.15) is 4.98 Å². The summed E-state index contributed by atoms with van der Waals surface area (Å²) in [6, 6.07) is 15.2. The maximum Gasteiger partial charge on any atom is 0.329 e. The number of nitrogens with one attached hydrogen (secondary N) is 1. The van der Waals surface area contributed by atoms with E-state index in [4.69, 9.17) is 4.74 Å². The van der Waals surface area contributed by atoms with Crippen molar-refractivity contribution in [3.05, 3.63) is 91.1 Å². The number of anilines is 1. The van der Waals surface area contributed by atoms with E-state index < -0.39 is 22.3 Å². The van der Waals surface area contributed by atoms with Crippen molar-refractivity contribution in [2.45, 2.75) is 19.2 Å². The number of aromatic nitrogens is 4. The predicted molar refractivity (Wildman–Crippen MR) is 129 cm³/mol. The second-order valence-corrected chi connectivity index (χ2v) is 8.07. The summed E-state index contributed by atoms with van der Waals surface area (Å²) in [5.74, 6) is 0.747. The van der Waals surface area contributed by atoms with Crippen LogP contribution >= 0.6 is 0 Å². The number of nitrogens with zero attached hydrogens (tertiary/aromatic N) is 5. The molecule has 1 atom stereocenters. The molecule has 0 fully saturated rings. The largest absolute Gasteiger partial charge is 0.491 e. The van der Waals surface area contributed by atoms with Crippen LogP contribution in [0.25, 0.3) is 11.2 Å². The summed E-state index contributed by atoms with van der Waals surface area (Å²) in [5.41, 5.74) is 0.0793. The van der Waals surface area contributed by atoms with Gasteiger partial charge in [0.05, 0.1) is 11.5 Å². The van der Waals surface area contributed by atoms with Crippen LogP contribution in [0.3, 0.4) is 0 Å². The second-order valence-electron chi connectivity index (χ2n) is 8.07. The van der Waals surface area contributed by atoms with Crippen LogP contribution in [0.2, 0.25) is 0 Å². The first-order valence-electron chi connectivity index (χ1n) is 10.7. The minimum absolute atomic E-state index is 0.0424. The number of hydrogen-bond acceptors (Lipinski definition) is 8. The van der Waals surface area contributed by atoms with Gasteiger partial charge in [0.25, 0.3) is 11.2 Å². The van der Waals surface area contributed by atoms with Gasteiger partial charge in [-0.3, -0.25) is 24.5 Å². The van der Waals surface area contributed by atoms with Gasteiger partial charge in [-0.05, 0) is 17.7 Å². The molecule has 12 nitrogen and oxygen atoms in total. The normalized spacial score (nSPS) is 12.0. The van der Waals surface area contributed by atoms with Gasteiger partial charge in [-0.1, -0.05) is 30.3 Å². The lowest BCUT2D eigenvalue weighted by Gasteiger charge is -2.21. The van der Waals surface area contributed by atoms with E-state index >= 15 is 0 Å². The Balaban J connectivity index is 1.62. The van der Waals surface area contributed by atoms with Gasteiger partial charge in [0, 0.05) is 32.8 Å². The van der Waals surface area contributed by atoms with Gasteiger partial charge in [0.2, 0.25) is 5.95 Å². The first-order valence-corrected chi connectivity index (χ1v) is 10.7. The van der Waals surface area contributed by atoms with Crippen molar-refractivity contribution in [3.63, 3.8) is 0 Å². The first kappa shape index (κ1) is 23.7. The van der Waals surface area contributed by atoms with Gasteiger partial charge >= 0.3 is 5.69 Å². The molecule has 0 saturated heterocycles. The zero-order valence-electron chi connectivity index (χ0n) is 19.1. The van der Waals surface area contributed by atoms with Crippen molar-refractivity contribution in [1.29, 1.82) is 0 Å². The number of imidazole rings is 1. The average Bonchev–Trinajstić information content (AvgIpc) is 3.22. The highest BCUT2D eigenvalue weighted by atomic mass is 16.6. The number of aliphatic hydroxyl groups is 1. The quantitative estimate of drug-likeness (QED) is 0.270. The van der Waals surface area contributed by atoms with Crippen LogP contribution in [0.5, 0.6) is 5.75 Å². The summed E-state index contributed by atoms with van der Waals surface area (Å²) in [6.07, 6.45) is -1.05. The molecule has 0 aliphatic carbocycles. The molecule has 182 valence electrons. The van der Waals surface area contributed by atoms with E-state index in [1.165, 1.54) is 35.9 Å². The molecule has 12 heteroatoms. The number of fused-ring (bicyclic) bond motifs is 1. The molecule has 0 aliphatic heterocycles. The maximum absolute atomic E-state index is 12.7. The summed E-state index contributed by atoms with van der Waals surface area (Å²) in [7, 11) is 3.31. The summed E-state index contributed by atoms with van der Waals surface area (Å²) in [6.45, 7) is 0.299. The molecular formula is C23H24N6O6. The number of nitro groups is 1. The SMILES string of the molecule is CN(Cc1ccccc1)c1nc2c(c(=O)[nH]c(=O)n2C)n1CC(O)COc1ccc([N+](=O)[O-])cc1. The highest BCUT2D eigenvalue weighted by molar-refractivity contribution is 5.74. The van der Waals surface area contributed by atoms with E-state index in [0.29, 0.717) is 18.2 Å². The Hall–Kier alpha value is -4.45. The Kier molecular flexibility index (Phi) is 6.64. The van der Waals surface area contributed by atoms with Crippen molar-refractivity contribution in [2.24, 2.45) is 7.05 Å². The molecule has 2 aromatic carbocycles. The smallest absolute Gasteiger partial charge is 0.329 e. The third-order valence-corrected chi connectivity index (χ3v) is 5.47. The number of benzene rings is 2. The maximum atomic E-state index is 12.7. The molecular weight excluding hydrogens is 456 g/mol. The lowest BCUT2D eigenvalue weighted by Crippen LogP contribution is -2.31. The van der Waals surface area contributed by atoms with Gasteiger partial charge in [0.15, 0.2) is 11.2 Å². The fraction of sp³-hybridized carbons (Fsp3) is 0.261. The number of aliphatic hydroxyl groups excluding tert-OH is 1. The monoisotopic (exact) mass is 480 g/mol. The van der Waals surface area contributed by atoms with Crippen LogP contribution in [-0.2, 0) is 20.1 Å². The molecule has 4 rings (SSSR count). The topological polar surface area (TPSA) is 149 Å².